The Balaban J connectivity index is 1.41. The van der Waals surface area contributed by atoms with Gasteiger partial charge in [0.25, 0.3) is 0 Å². The Labute approximate surface area is 76.6 Å². The molecule has 0 amide bonds. The standard InChI is InChI=1S/C8H14OS2/c1-6-8(11-6)4-9-3-2-7-5-10-7/h6-8H,2-5H2,1H3. The van der Waals surface area contributed by atoms with E-state index in [4.69, 9.17) is 4.74 Å². The van der Waals surface area contributed by atoms with Crippen LogP contribution in [-0.2, 0) is 4.74 Å². The monoisotopic (exact) mass is 190 g/mol. The first-order chi connectivity index (χ1) is 5.36. The number of thioether (sulfide) groups is 2. The molecule has 2 rings (SSSR count). The third-order valence-corrected chi connectivity index (χ3v) is 4.48. The summed E-state index contributed by atoms with van der Waals surface area (Å²) in [6.07, 6.45) is 1.27. The van der Waals surface area contributed by atoms with Gasteiger partial charge in [0.05, 0.1) is 6.61 Å². The highest BCUT2D eigenvalue weighted by Crippen LogP contribution is 2.40. The molecule has 11 heavy (non-hydrogen) atoms. The van der Waals surface area contributed by atoms with Crippen LogP contribution >= 0.6 is 23.5 Å². The second-order valence-electron chi connectivity index (χ2n) is 3.20. The van der Waals surface area contributed by atoms with Crippen molar-refractivity contribution in [2.45, 2.75) is 29.1 Å². The van der Waals surface area contributed by atoms with Crippen molar-refractivity contribution in [1.29, 1.82) is 0 Å². The fraction of sp³-hybridized carbons (Fsp3) is 1.00. The molecule has 0 radical (unpaired) electrons. The lowest BCUT2D eigenvalue weighted by atomic mass is 10.3. The van der Waals surface area contributed by atoms with E-state index in [0.29, 0.717) is 0 Å². The van der Waals surface area contributed by atoms with Gasteiger partial charge in [-0.05, 0) is 6.42 Å². The summed E-state index contributed by atoms with van der Waals surface area (Å²) in [5.41, 5.74) is 0. The summed E-state index contributed by atoms with van der Waals surface area (Å²) in [7, 11) is 0. The molecular formula is C8H14OS2. The molecule has 0 aromatic rings. The molecule has 1 nitrogen and oxygen atoms in total. The van der Waals surface area contributed by atoms with Crippen LogP contribution in [0.1, 0.15) is 13.3 Å². The maximum absolute atomic E-state index is 5.54. The number of hydrogen-bond acceptors (Lipinski definition) is 3. The molecule has 2 aliphatic rings. The molecule has 0 spiro atoms. The lowest BCUT2D eigenvalue weighted by Gasteiger charge is -1.99. The van der Waals surface area contributed by atoms with Crippen molar-refractivity contribution < 1.29 is 4.74 Å². The van der Waals surface area contributed by atoms with Gasteiger partial charge in [-0.3, -0.25) is 0 Å². The minimum atomic E-state index is 0.821. The first-order valence-corrected chi connectivity index (χ1v) is 6.20. The van der Waals surface area contributed by atoms with Gasteiger partial charge < -0.3 is 4.74 Å². The maximum Gasteiger partial charge on any atom is 0.0595 e. The summed E-state index contributed by atoms with van der Waals surface area (Å²) < 4.78 is 5.54. The van der Waals surface area contributed by atoms with E-state index >= 15 is 0 Å². The Morgan fingerprint density at radius 1 is 1.55 bits per heavy atom. The lowest BCUT2D eigenvalue weighted by Crippen LogP contribution is -2.05. The first kappa shape index (κ1) is 8.27. The zero-order valence-corrected chi connectivity index (χ0v) is 8.42. The van der Waals surface area contributed by atoms with Crippen molar-refractivity contribution in [3.8, 4) is 0 Å². The van der Waals surface area contributed by atoms with E-state index in [1.54, 1.807) is 0 Å². The van der Waals surface area contributed by atoms with Gasteiger partial charge in [-0.15, -0.1) is 0 Å². The van der Waals surface area contributed by atoms with Gasteiger partial charge in [-0.25, -0.2) is 0 Å². The zero-order chi connectivity index (χ0) is 7.68. The Hall–Kier alpha value is 0.660. The van der Waals surface area contributed by atoms with Gasteiger partial charge in [-0.1, -0.05) is 6.92 Å². The second-order valence-corrected chi connectivity index (χ2v) is 6.15. The Bertz CT molecular complexity index is 136. The highest BCUT2D eigenvalue weighted by atomic mass is 32.2. The van der Waals surface area contributed by atoms with Crippen molar-refractivity contribution in [3.63, 3.8) is 0 Å². The van der Waals surface area contributed by atoms with E-state index in [1.165, 1.54) is 12.2 Å². The number of hydrogen-bond donors (Lipinski definition) is 0. The minimum absolute atomic E-state index is 0.821. The summed E-state index contributed by atoms with van der Waals surface area (Å²) in [4.78, 5) is 0. The molecule has 3 atom stereocenters. The van der Waals surface area contributed by atoms with Crippen LogP contribution in [0.25, 0.3) is 0 Å². The molecule has 0 aliphatic carbocycles. The molecular weight excluding hydrogens is 176 g/mol. The summed E-state index contributed by atoms with van der Waals surface area (Å²) >= 11 is 4.09. The SMILES string of the molecule is CC1SC1COCCC1CS1. The third-order valence-electron chi connectivity index (χ3n) is 2.11. The predicted molar refractivity (Wildman–Crippen MR) is 52.5 cm³/mol. The van der Waals surface area contributed by atoms with Gasteiger partial charge in [-0.2, -0.15) is 23.5 Å². The first-order valence-electron chi connectivity index (χ1n) is 4.21. The van der Waals surface area contributed by atoms with E-state index < -0.39 is 0 Å². The maximum atomic E-state index is 5.54. The molecule has 3 unspecified atom stereocenters. The Morgan fingerprint density at radius 3 is 2.82 bits per heavy atom. The fourth-order valence-electron chi connectivity index (χ4n) is 1.05. The summed E-state index contributed by atoms with van der Waals surface area (Å²) in [5.74, 6) is 1.37. The Kier molecular flexibility index (Phi) is 2.69. The molecule has 2 saturated heterocycles. The average molecular weight is 190 g/mol. The molecule has 3 heteroatoms. The van der Waals surface area contributed by atoms with Gasteiger partial charge in [0.1, 0.15) is 0 Å². The van der Waals surface area contributed by atoms with Crippen LogP contribution in [0.5, 0.6) is 0 Å². The van der Waals surface area contributed by atoms with Crippen LogP contribution in [0.4, 0.5) is 0 Å². The predicted octanol–water partition coefficient (Wildman–Crippen LogP) is 2.01. The van der Waals surface area contributed by atoms with Crippen molar-refractivity contribution in [2.75, 3.05) is 19.0 Å². The molecule has 0 bridgehead atoms. The normalized spacial score (nSPS) is 40.6. The summed E-state index contributed by atoms with van der Waals surface area (Å²) in [6.45, 7) is 4.25. The van der Waals surface area contributed by atoms with Crippen molar-refractivity contribution in [2.24, 2.45) is 0 Å². The molecule has 0 N–H and O–H groups in total. The Morgan fingerprint density at radius 2 is 2.27 bits per heavy atom. The molecule has 2 heterocycles. The summed E-state index contributed by atoms with van der Waals surface area (Å²) in [6, 6.07) is 0. The highest BCUT2D eigenvalue weighted by Gasteiger charge is 2.33. The van der Waals surface area contributed by atoms with E-state index in [0.717, 1.165) is 29.0 Å². The van der Waals surface area contributed by atoms with Gasteiger partial charge >= 0.3 is 0 Å². The zero-order valence-electron chi connectivity index (χ0n) is 6.79. The number of ether oxygens (including phenoxy) is 1. The van der Waals surface area contributed by atoms with E-state index in [1.807, 2.05) is 11.8 Å². The van der Waals surface area contributed by atoms with Crippen LogP contribution in [0.15, 0.2) is 0 Å². The fourth-order valence-corrected chi connectivity index (χ4v) is 2.33. The lowest BCUT2D eigenvalue weighted by molar-refractivity contribution is 0.139. The molecule has 0 saturated carbocycles. The summed E-state index contributed by atoms with van der Waals surface area (Å²) in [5, 5.41) is 2.63. The molecule has 0 aromatic carbocycles. The number of rotatable bonds is 5. The molecule has 0 aromatic heterocycles. The largest absolute Gasteiger partial charge is 0.380 e. The third kappa shape index (κ3) is 2.88. The van der Waals surface area contributed by atoms with Crippen molar-refractivity contribution in [3.05, 3.63) is 0 Å². The minimum Gasteiger partial charge on any atom is -0.380 e. The topological polar surface area (TPSA) is 9.23 Å². The van der Waals surface area contributed by atoms with Crippen molar-refractivity contribution in [1.82, 2.24) is 0 Å². The highest BCUT2D eigenvalue weighted by molar-refractivity contribution is 8.07. The van der Waals surface area contributed by atoms with Crippen LogP contribution < -0.4 is 0 Å². The smallest absolute Gasteiger partial charge is 0.0595 e. The van der Waals surface area contributed by atoms with Gasteiger partial charge in [0.2, 0.25) is 0 Å². The van der Waals surface area contributed by atoms with Gasteiger partial charge in [0.15, 0.2) is 0 Å². The van der Waals surface area contributed by atoms with Crippen LogP contribution in [-0.4, -0.2) is 34.7 Å². The van der Waals surface area contributed by atoms with E-state index in [-0.39, 0.29) is 0 Å². The van der Waals surface area contributed by atoms with Crippen LogP contribution in [0.2, 0.25) is 0 Å². The molecule has 2 fully saturated rings. The average Bonchev–Trinajstić information content (AvgIpc) is 2.81. The molecule has 64 valence electrons. The molecule has 2 aliphatic heterocycles. The second kappa shape index (κ2) is 3.58. The van der Waals surface area contributed by atoms with Gasteiger partial charge in [0, 0.05) is 28.1 Å². The quantitative estimate of drug-likeness (QED) is 0.485. The van der Waals surface area contributed by atoms with E-state index in [2.05, 4.69) is 18.7 Å². The van der Waals surface area contributed by atoms with Crippen LogP contribution in [0, 0.1) is 0 Å². The van der Waals surface area contributed by atoms with Crippen molar-refractivity contribution >= 4 is 23.5 Å². The van der Waals surface area contributed by atoms with E-state index in [9.17, 15) is 0 Å². The van der Waals surface area contributed by atoms with Crippen LogP contribution in [0.3, 0.4) is 0 Å².